The van der Waals surface area contributed by atoms with Crippen LogP contribution >= 0.6 is 0 Å². The van der Waals surface area contributed by atoms with Crippen molar-refractivity contribution in [3.05, 3.63) is 77.2 Å². The fraction of sp³-hybridized carbons (Fsp3) is 0.167. The number of aromatic nitrogens is 2. The molecule has 1 aromatic heterocycles. The van der Waals surface area contributed by atoms with Crippen molar-refractivity contribution in [2.45, 2.75) is 12.6 Å². The van der Waals surface area contributed by atoms with E-state index in [-0.39, 0.29) is 17.9 Å². The first-order valence-corrected chi connectivity index (χ1v) is 7.66. The van der Waals surface area contributed by atoms with E-state index >= 15 is 0 Å². The number of hydrogen-bond acceptors (Lipinski definition) is 3. The summed E-state index contributed by atoms with van der Waals surface area (Å²) in [7, 11) is 0. The average molecular weight is 347 g/mol. The molecule has 3 rings (SSSR count). The third-order valence-corrected chi connectivity index (χ3v) is 3.83. The maximum Gasteiger partial charge on any atom is 0.159 e. The summed E-state index contributed by atoms with van der Waals surface area (Å²) in [4.78, 5) is 0. The molecular weight excluding hydrogens is 331 g/mol. The lowest BCUT2D eigenvalue weighted by Crippen LogP contribution is -2.21. The summed E-state index contributed by atoms with van der Waals surface area (Å²) in [5.74, 6) is -2.27. The highest BCUT2D eigenvalue weighted by molar-refractivity contribution is 5.62. The smallest absolute Gasteiger partial charge is 0.159 e. The summed E-state index contributed by atoms with van der Waals surface area (Å²) in [6, 6.07) is 9.30. The lowest BCUT2D eigenvalue weighted by Gasteiger charge is -2.12. The molecule has 0 saturated heterocycles. The molecule has 0 fully saturated rings. The van der Waals surface area contributed by atoms with Gasteiger partial charge in [0.15, 0.2) is 11.6 Å². The van der Waals surface area contributed by atoms with Gasteiger partial charge in [0.1, 0.15) is 5.82 Å². The summed E-state index contributed by atoms with van der Waals surface area (Å²) in [6.45, 7) is 0.545. The van der Waals surface area contributed by atoms with Gasteiger partial charge in [-0.25, -0.2) is 13.2 Å². The first kappa shape index (κ1) is 17.2. The number of benzene rings is 2. The standard InChI is InChI=1S/C18H16F3N3O/c19-14-4-1-11(2-5-14)18-13(9-23-24-18)8-22-10-17(25)12-3-6-15(20)16(21)7-12/h1-7,9,17,22,25H,8,10H2,(H,23,24)/t17-/m0/s1. The molecule has 1 heterocycles. The SMILES string of the molecule is O[C@@H](CNCc1cn[nH]c1-c1ccc(F)cc1)c1ccc(F)c(F)c1. The van der Waals surface area contributed by atoms with E-state index in [2.05, 4.69) is 15.5 Å². The Morgan fingerprint density at radius 3 is 2.52 bits per heavy atom. The van der Waals surface area contributed by atoms with Crippen molar-refractivity contribution in [3.8, 4) is 11.3 Å². The summed E-state index contributed by atoms with van der Waals surface area (Å²) in [5.41, 5.74) is 2.66. The number of rotatable bonds is 6. The van der Waals surface area contributed by atoms with Crippen LogP contribution in [0.2, 0.25) is 0 Å². The van der Waals surface area contributed by atoms with E-state index < -0.39 is 17.7 Å². The van der Waals surface area contributed by atoms with Gasteiger partial charge in [-0.3, -0.25) is 5.10 Å². The van der Waals surface area contributed by atoms with Crippen LogP contribution in [0.25, 0.3) is 11.3 Å². The Morgan fingerprint density at radius 1 is 1.04 bits per heavy atom. The second-order valence-corrected chi connectivity index (χ2v) is 5.60. The molecule has 0 amide bonds. The van der Waals surface area contributed by atoms with Gasteiger partial charge in [-0.15, -0.1) is 0 Å². The first-order chi connectivity index (χ1) is 12.0. The van der Waals surface area contributed by atoms with Gasteiger partial charge in [0, 0.05) is 24.2 Å². The molecule has 3 aromatic rings. The highest BCUT2D eigenvalue weighted by Crippen LogP contribution is 2.21. The summed E-state index contributed by atoms with van der Waals surface area (Å²) >= 11 is 0. The van der Waals surface area contributed by atoms with Crippen LogP contribution in [0.15, 0.2) is 48.7 Å². The Hall–Kier alpha value is -2.64. The molecule has 25 heavy (non-hydrogen) atoms. The van der Waals surface area contributed by atoms with Gasteiger partial charge in [0.25, 0.3) is 0 Å². The number of nitrogens with one attached hydrogen (secondary N) is 2. The minimum Gasteiger partial charge on any atom is -0.387 e. The van der Waals surface area contributed by atoms with Gasteiger partial charge in [-0.2, -0.15) is 5.10 Å². The van der Waals surface area contributed by atoms with Gasteiger partial charge in [-0.05, 0) is 42.0 Å². The van der Waals surface area contributed by atoms with Crippen LogP contribution in [-0.2, 0) is 6.54 Å². The number of aliphatic hydroxyl groups excluding tert-OH is 1. The molecular formula is C18H16F3N3O. The molecule has 3 N–H and O–H groups in total. The third kappa shape index (κ3) is 4.07. The Balaban J connectivity index is 1.62. The van der Waals surface area contributed by atoms with Crippen molar-refractivity contribution in [2.24, 2.45) is 0 Å². The van der Waals surface area contributed by atoms with Gasteiger partial charge < -0.3 is 10.4 Å². The van der Waals surface area contributed by atoms with Crippen LogP contribution in [0.3, 0.4) is 0 Å². The van der Waals surface area contributed by atoms with Crippen LogP contribution in [0.4, 0.5) is 13.2 Å². The zero-order valence-electron chi connectivity index (χ0n) is 13.1. The number of halogens is 3. The Kier molecular flexibility index (Phi) is 5.16. The molecule has 4 nitrogen and oxygen atoms in total. The van der Waals surface area contributed by atoms with Crippen molar-refractivity contribution in [2.75, 3.05) is 6.54 Å². The second kappa shape index (κ2) is 7.50. The van der Waals surface area contributed by atoms with Crippen LogP contribution in [0.5, 0.6) is 0 Å². The normalized spacial score (nSPS) is 12.3. The van der Waals surface area contributed by atoms with E-state index in [4.69, 9.17) is 0 Å². The molecule has 2 aromatic carbocycles. The van der Waals surface area contributed by atoms with E-state index in [1.807, 2.05) is 0 Å². The van der Waals surface area contributed by atoms with E-state index in [0.717, 1.165) is 29.0 Å². The maximum absolute atomic E-state index is 13.2. The number of aliphatic hydroxyl groups is 1. The van der Waals surface area contributed by atoms with Crippen LogP contribution in [-0.4, -0.2) is 21.8 Å². The van der Waals surface area contributed by atoms with E-state index in [9.17, 15) is 18.3 Å². The van der Waals surface area contributed by atoms with Crippen molar-refractivity contribution in [3.63, 3.8) is 0 Å². The van der Waals surface area contributed by atoms with Crippen molar-refractivity contribution in [1.29, 1.82) is 0 Å². The summed E-state index contributed by atoms with van der Waals surface area (Å²) in [6.07, 6.45) is 0.659. The average Bonchev–Trinajstić information content (AvgIpc) is 3.06. The monoisotopic (exact) mass is 347 g/mol. The zero-order chi connectivity index (χ0) is 17.8. The van der Waals surface area contributed by atoms with Crippen molar-refractivity contribution < 1.29 is 18.3 Å². The fourth-order valence-electron chi connectivity index (χ4n) is 2.49. The Bertz CT molecular complexity index is 849. The molecule has 1 atom stereocenters. The molecule has 0 spiro atoms. The van der Waals surface area contributed by atoms with Crippen LogP contribution in [0, 0.1) is 17.5 Å². The Morgan fingerprint density at radius 2 is 1.80 bits per heavy atom. The van der Waals surface area contributed by atoms with Crippen LogP contribution in [0.1, 0.15) is 17.2 Å². The van der Waals surface area contributed by atoms with Gasteiger partial charge in [-0.1, -0.05) is 6.07 Å². The fourth-order valence-corrected chi connectivity index (χ4v) is 2.49. The topological polar surface area (TPSA) is 60.9 Å². The lowest BCUT2D eigenvalue weighted by atomic mass is 10.1. The maximum atomic E-state index is 13.2. The first-order valence-electron chi connectivity index (χ1n) is 7.66. The van der Waals surface area contributed by atoms with Gasteiger partial charge >= 0.3 is 0 Å². The largest absolute Gasteiger partial charge is 0.387 e. The Labute approximate surface area is 142 Å². The minimum absolute atomic E-state index is 0.152. The number of nitrogens with zero attached hydrogens (tertiary/aromatic N) is 1. The highest BCUT2D eigenvalue weighted by Gasteiger charge is 2.12. The second-order valence-electron chi connectivity index (χ2n) is 5.60. The summed E-state index contributed by atoms with van der Waals surface area (Å²) in [5, 5.41) is 20.0. The molecule has 0 radical (unpaired) electrons. The van der Waals surface area contributed by atoms with E-state index in [1.165, 1.54) is 18.2 Å². The number of aromatic amines is 1. The number of H-pyrrole nitrogens is 1. The molecule has 0 unspecified atom stereocenters. The van der Waals surface area contributed by atoms with E-state index in [0.29, 0.717) is 6.54 Å². The zero-order valence-corrected chi connectivity index (χ0v) is 13.1. The summed E-state index contributed by atoms with van der Waals surface area (Å²) < 4.78 is 39.2. The number of hydrogen-bond donors (Lipinski definition) is 3. The van der Waals surface area contributed by atoms with Crippen molar-refractivity contribution >= 4 is 0 Å². The molecule has 7 heteroatoms. The molecule has 0 saturated carbocycles. The molecule has 130 valence electrons. The van der Waals surface area contributed by atoms with Gasteiger partial charge in [0.05, 0.1) is 18.0 Å². The quantitative estimate of drug-likeness (QED) is 0.641. The van der Waals surface area contributed by atoms with Crippen molar-refractivity contribution in [1.82, 2.24) is 15.5 Å². The van der Waals surface area contributed by atoms with Crippen LogP contribution < -0.4 is 5.32 Å². The van der Waals surface area contributed by atoms with Gasteiger partial charge in [0.2, 0.25) is 0 Å². The minimum atomic E-state index is -0.995. The molecule has 0 aliphatic rings. The molecule has 0 bridgehead atoms. The molecule has 0 aliphatic carbocycles. The predicted octanol–water partition coefficient (Wildman–Crippen LogP) is 3.32. The van der Waals surface area contributed by atoms with E-state index in [1.54, 1.807) is 18.3 Å². The predicted molar refractivity (Wildman–Crippen MR) is 87.0 cm³/mol. The highest BCUT2D eigenvalue weighted by atomic mass is 19.2. The third-order valence-electron chi connectivity index (χ3n) is 3.83. The lowest BCUT2D eigenvalue weighted by molar-refractivity contribution is 0.173. The molecule has 0 aliphatic heterocycles.